The maximum absolute atomic E-state index is 12.1. The van der Waals surface area contributed by atoms with Crippen molar-refractivity contribution in [3.8, 4) is 0 Å². The van der Waals surface area contributed by atoms with Crippen LogP contribution in [-0.2, 0) is 19.1 Å². The average Bonchev–Trinajstić information content (AvgIpc) is 2.82. The zero-order chi connectivity index (χ0) is 15.4. The number of carbonyl (C=O) groups excluding carboxylic acids is 2. The molecule has 6 nitrogen and oxygen atoms in total. The second-order valence-electron chi connectivity index (χ2n) is 4.29. The summed E-state index contributed by atoms with van der Waals surface area (Å²) in [7, 11) is 0. The summed E-state index contributed by atoms with van der Waals surface area (Å²) in [5, 5.41) is 1.91. The number of rotatable bonds is 5. The topological polar surface area (TPSA) is 78.4 Å². The molecule has 0 N–H and O–H groups in total. The van der Waals surface area contributed by atoms with Gasteiger partial charge in [0.1, 0.15) is 6.33 Å². The van der Waals surface area contributed by atoms with Gasteiger partial charge in [0.2, 0.25) is 0 Å². The van der Waals surface area contributed by atoms with E-state index >= 15 is 0 Å². The molecule has 0 atom stereocenters. The van der Waals surface area contributed by atoms with E-state index in [4.69, 9.17) is 9.47 Å². The SMILES string of the molecule is CCOC(=O)C(C(=O)OCC)c1ncnc2c(C)csc12. The Labute approximate surface area is 126 Å². The van der Waals surface area contributed by atoms with E-state index in [2.05, 4.69) is 9.97 Å². The predicted octanol–water partition coefficient (Wildman–Crippen LogP) is 2.21. The lowest BCUT2D eigenvalue weighted by atomic mass is 10.0. The van der Waals surface area contributed by atoms with Gasteiger partial charge in [-0.1, -0.05) is 0 Å². The van der Waals surface area contributed by atoms with Gasteiger partial charge in [-0.15, -0.1) is 11.3 Å². The van der Waals surface area contributed by atoms with Crippen molar-refractivity contribution in [2.45, 2.75) is 26.7 Å². The largest absolute Gasteiger partial charge is 0.465 e. The predicted molar refractivity (Wildman–Crippen MR) is 78.2 cm³/mol. The van der Waals surface area contributed by atoms with Crippen molar-refractivity contribution in [3.05, 3.63) is 23.0 Å². The third kappa shape index (κ3) is 3.02. The highest BCUT2D eigenvalue weighted by atomic mass is 32.1. The van der Waals surface area contributed by atoms with Crippen LogP contribution in [0.1, 0.15) is 31.0 Å². The molecule has 0 bridgehead atoms. The molecule has 0 amide bonds. The Hall–Kier alpha value is -2.02. The zero-order valence-electron chi connectivity index (χ0n) is 12.1. The van der Waals surface area contributed by atoms with Crippen LogP contribution in [0.15, 0.2) is 11.7 Å². The Bertz CT molecular complexity index is 650. The van der Waals surface area contributed by atoms with Crippen LogP contribution in [0.4, 0.5) is 0 Å². The summed E-state index contributed by atoms with van der Waals surface area (Å²) in [4.78, 5) is 32.6. The molecule has 0 aliphatic carbocycles. The van der Waals surface area contributed by atoms with Gasteiger partial charge < -0.3 is 9.47 Å². The van der Waals surface area contributed by atoms with Gasteiger partial charge in [0.05, 0.1) is 29.1 Å². The zero-order valence-corrected chi connectivity index (χ0v) is 12.9. The Kier molecular flexibility index (Phi) is 4.85. The second-order valence-corrected chi connectivity index (χ2v) is 5.17. The van der Waals surface area contributed by atoms with Gasteiger partial charge in [0.15, 0.2) is 5.92 Å². The summed E-state index contributed by atoms with van der Waals surface area (Å²) in [5.41, 5.74) is 2.06. The fourth-order valence-electron chi connectivity index (χ4n) is 1.96. The van der Waals surface area contributed by atoms with E-state index in [0.29, 0.717) is 10.4 Å². The van der Waals surface area contributed by atoms with Crippen LogP contribution >= 0.6 is 11.3 Å². The van der Waals surface area contributed by atoms with Gasteiger partial charge in [-0.3, -0.25) is 9.59 Å². The molecule has 112 valence electrons. The summed E-state index contributed by atoms with van der Waals surface area (Å²) in [6.45, 7) is 5.66. The van der Waals surface area contributed by atoms with Crippen LogP contribution in [0, 0.1) is 6.92 Å². The molecular weight excluding hydrogens is 292 g/mol. The average molecular weight is 308 g/mol. The van der Waals surface area contributed by atoms with E-state index in [-0.39, 0.29) is 13.2 Å². The fraction of sp³-hybridized carbons (Fsp3) is 0.429. The Morgan fingerprint density at radius 2 is 1.81 bits per heavy atom. The highest BCUT2D eigenvalue weighted by Crippen LogP contribution is 2.31. The van der Waals surface area contributed by atoms with Gasteiger partial charge in [-0.25, -0.2) is 9.97 Å². The van der Waals surface area contributed by atoms with Gasteiger partial charge in [0.25, 0.3) is 0 Å². The molecule has 2 heterocycles. The lowest BCUT2D eigenvalue weighted by Gasteiger charge is -2.14. The molecule has 0 fully saturated rings. The van der Waals surface area contributed by atoms with Crippen LogP contribution in [0.3, 0.4) is 0 Å². The monoisotopic (exact) mass is 308 g/mol. The molecular formula is C14H16N2O4S. The van der Waals surface area contributed by atoms with E-state index in [1.807, 2.05) is 12.3 Å². The van der Waals surface area contributed by atoms with Crippen LogP contribution in [0.5, 0.6) is 0 Å². The highest BCUT2D eigenvalue weighted by Gasteiger charge is 2.35. The minimum atomic E-state index is -1.17. The number of hydrogen-bond acceptors (Lipinski definition) is 7. The molecule has 0 aliphatic heterocycles. The summed E-state index contributed by atoms with van der Waals surface area (Å²) in [5.74, 6) is -2.47. The number of ether oxygens (including phenoxy) is 2. The van der Waals surface area contributed by atoms with Gasteiger partial charge in [-0.05, 0) is 31.7 Å². The number of hydrogen-bond donors (Lipinski definition) is 0. The molecule has 0 aromatic carbocycles. The standard InChI is InChI=1S/C14H16N2O4S/c1-4-19-13(17)9(14(18)20-5-2)11-12-10(15-7-16-11)8(3)6-21-12/h6-7,9H,4-5H2,1-3H3. The van der Waals surface area contributed by atoms with E-state index < -0.39 is 17.9 Å². The molecule has 2 aromatic heterocycles. The Morgan fingerprint density at radius 1 is 1.19 bits per heavy atom. The van der Waals surface area contributed by atoms with Gasteiger partial charge in [0, 0.05) is 0 Å². The van der Waals surface area contributed by atoms with Crippen molar-refractivity contribution < 1.29 is 19.1 Å². The molecule has 0 saturated carbocycles. The van der Waals surface area contributed by atoms with Crippen molar-refractivity contribution in [1.82, 2.24) is 9.97 Å². The third-order valence-electron chi connectivity index (χ3n) is 2.88. The lowest BCUT2D eigenvalue weighted by molar-refractivity contribution is -0.157. The first-order valence-corrected chi connectivity index (χ1v) is 7.50. The van der Waals surface area contributed by atoms with E-state index in [1.54, 1.807) is 13.8 Å². The molecule has 0 unspecified atom stereocenters. The normalized spacial score (nSPS) is 10.9. The number of thiophene rings is 1. The molecule has 0 spiro atoms. The van der Waals surface area contributed by atoms with Crippen molar-refractivity contribution in [2.75, 3.05) is 13.2 Å². The van der Waals surface area contributed by atoms with Crippen molar-refractivity contribution in [3.63, 3.8) is 0 Å². The maximum Gasteiger partial charge on any atom is 0.326 e. The first-order valence-electron chi connectivity index (χ1n) is 6.62. The number of aromatic nitrogens is 2. The van der Waals surface area contributed by atoms with Crippen LogP contribution in [-0.4, -0.2) is 35.1 Å². The molecule has 21 heavy (non-hydrogen) atoms. The molecule has 7 heteroatoms. The quantitative estimate of drug-likeness (QED) is 0.622. The Balaban J connectivity index is 2.52. The van der Waals surface area contributed by atoms with Gasteiger partial charge >= 0.3 is 11.9 Å². The molecule has 2 aromatic rings. The molecule has 0 aliphatic rings. The Morgan fingerprint density at radius 3 is 2.38 bits per heavy atom. The summed E-state index contributed by atoms with van der Waals surface area (Å²) in [6.07, 6.45) is 1.35. The smallest absolute Gasteiger partial charge is 0.326 e. The van der Waals surface area contributed by atoms with E-state index in [0.717, 1.165) is 11.1 Å². The van der Waals surface area contributed by atoms with Crippen molar-refractivity contribution >= 4 is 33.5 Å². The number of carbonyl (C=O) groups is 2. The highest BCUT2D eigenvalue weighted by molar-refractivity contribution is 7.17. The van der Waals surface area contributed by atoms with Crippen LogP contribution in [0.2, 0.25) is 0 Å². The van der Waals surface area contributed by atoms with Crippen LogP contribution in [0.25, 0.3) is 10.2 Å². The first-order chi connectivity index (χ1) is 10.1. The van der Waals surface area contributed by atoms with E-state index in [9.17, 15) is 9.59 Å². The first kappa shape index (κ1) is 15.4. The van der Waals surface area contributed by atoms with Crippen molar-refractivity contribution in [1.29, 1.82) is 0 Å². The third-order valence-corrected chi connectivity index (χ3v) is 3.99. The second kappa shape index (κ2) is 6.62. The minimum Gasteiger partial charge on any atom is -0.465 e. The number of esters is 2. The lowest BCUT2D eigenvalue weighted by Crippen LogP contribution is -2.27. The van der Waals surface area contributed by atoms with Crippen LogP contribution < -0.4 is 0 Å². The summed E-state index contributed by atoms with van der Waals surface area (Å²) in [6, 6.07) is 0. The van der Waals surface area contributed by atoms with Gasteiger partial charge in [-0.2, -0.15) is 0 Å². The fourth-order valence-corrected chi connectivity index (χ4v) is 2.99. The number of aryl methyl sites for hydroxylation is 1. The molecule has 2 rings (SSSR count). The molecule has 0 radical (unpaired) electrons. The molecule has 0 saturated heterocycles. The summed E-state index contributed by atoms with van der Waals surface area (Å²) < 4.78 is 10.7. The van der Waals surface area contributed by atoms with E-state index in [1.165, 1.54) is 17.7 Å². The minimum absolute atomic E-state index is 0.187. The number of fused-ring (bicyclic) bond motifs is 1. The maximum atomic E-state index is 12.1. The summed E-state index contributed by atoms with van der Waals surface area (Å²) >= 11 is 1.40. The van der Waals surface area contributed by atoms with Crippen molar-refractivity contribution in [2.24, 2.45) is 0 Å². The number of nitrogens with zero attached hydrogens (tertiary/aromatic N) is 2.